The van der Waals surface area contributed by atoms with Gasteiger partial charge in [-0.1, -0.05) is 48.9 Å². The Balaban J connectivity index is 1.67. The SMILES string of the molecule is CCN(Cc1nc2ccccc2c(=O)[nH]1)C(C)C(=O)NCc1ccc(C)cc1. The van der Waals surface area contributed by atoms with Gasteiger partial charge in [0.15, 0.2) is 0 Å². The summed E-state index contributed by atoms with van der Waals surface area (Å²) in [6.07, 6.45) is 0. The number of likely N-dealkylation sites (N-methyl/N-ethyl adjacent to an activating group) is 1. The van der Waals surface area contributed by atoms with Crippen molar-refractivity contribution in [2.45, 2.75) is 39.9 Å². The highest BCUT2D eigenvalue weighted by molar-refractivity contribution is 5.81. The van der Waals surface area contributed by atoms with Crippen LogP contribution in [0.15, 0.2) is 53.3 Å². The Kier molecular flexibility index (Phi) is 6.21. The molecule has 1 atom stereocenters. The number of aryl methyl sites for hydroxylation is 1. The van der Waals surface area contributed by atoms with Crippen molar-refractivity contribution in [1.82, 2.24) is 20.2 Å². The standard InChI is InChI=1S/C22H26N4O2/c1-4-26(14-20-24-19-8-6-5-7-18(19)22(28)25-20)16(3)21(27)23-13-17-11-9-15(2)10-12-17/h5-12,16H,4,13-14H2,1-3H3,(H,23,27)(H,24,25,28). The number of carbonyl (C=O) groups is 1. The van der Waals surface area contributed by atoms with Crippen LogP contribution in [0.5, 0.6) is 0 Å². The van der Waals surface area contributed by atoms with Crippen LogP contribution in [0.3, 0.4) is 0 Å². The Morgan fingerprint density at radius 1 is 1.18 bits per heavy atom. The van der Waals surface area contributed by atoms with Gasteiger partial charge in [0.25, 0.3) is 5.56 Å². The van der Waals surface area contributed by atoms with Gasteiger partial charge < -0.3 is 10.3 Å². The number of rotatable bonds is 7. The number of hydrogen-bond donors (Lipinski definition) is 2. The van der Waals surface area contributed by atoms with Crippen LogP contribution in [0.1, 0.15) is 30.8 Å². The number of benzene rings is 2. The monoisotopic (exact) mass is 378 g/mol. The van der Waals surface area contributed by atoms with Gasteiger partial charge in [0.2, 0.25) is 5.91 Å². The number of fused-ring (bicyclic) bond motifs is 1. The molecule has 146 valence electrons. The Hall–Kier alpha value is -2.99. The molecule has 0 radical (unpaired) electrons. The van der Waals surface area contributed by atoms with Crippen molar-refractivity contribution in [1.29, 1.82) is 0 Å². The summed E-state index contributed by atoms with van der Waals surface area (Å²) in [4.78, 5) is 34.2. The van der Waals surface area contributed by atoms with Crippen molar-refractivity contribution in [3.8, 4) is 0 Å². The van der Waals surface area contributed by atoms with E-state index < -0.39 is 0 Å². The fourth-order valence-electron chi connectivity index (χ4n) is 3.13. The molecule has 6 nitrogen and oxygen atoms in total. The summed E-state index contributed by atoms with van der Waals surface area (Å²) in [5.41, 5.74) is 2.76. The molecule has 1 aromatic heterocycles. The molecule has 1 amide bonds. The molecular weight excluding hydrogens is 352 g/mol. The molecule has 0 aliphatic rings. The third-order valence-corrected chi connectivity index (χ3v) is 4.94. The number of hydrogen-bond acceptors (Lipinski definition) is 4. The number of nitrogens with one attached hydrogen (secondary N) is 2. The molecule has 0 saturated carbocycles. The van der Waals surface area contributed by atoms with Gasteiger partial charge in [0.1, 0.15) is 5.82 Å². The van der Waals surface area contributed by atoms with E-state index in [1.54, 1.807) is 6.07 Å². The first-order valence-corrected chi connectivity index (χ1v) is 9.53. The normalized spacial score (nSPS) is 12.3. The van der Waals surface area contributed by atoms with E-state index in [0.717, 1.165) is 5.56 Å². The van der Waals surface area contributed by atoms with Crippen molar-refractivity contribution >= 4 is 16.8 Å². The minimum atomic E-state index is -0.341. The van der Waals surface area contributed by atoms with Crippen LogP contribution in [0.25, 0.3) is 10.9 Å². The van der Waals surface area contributed by atoms with Crippen LogP contribution in [0.2, 0.25) is 0 Å². The molecule has 3 rings (SSSR count). The number of para-hydroxylation sites is 1. The first kappa shape index (κ1) is 19.8. The average Bonchev–Trinajstić information content (AvgIpc) is 2.71. The molecule has 0 bridgehead atoms. The van der Waals surface area contributed by atoms with Crippen molar-refractivity contribution in [2.75, 3.05) is 6.54 Å². The van der Waals surface area contributed by atoms with Gasteiger partial charge >= 0.3 is 0 Å². The maximum Gasteiger partial charge on any atom is 0.258 e. The highest BCUT2D eigenvalue weighted by Gasteiger charge is 2.21. The van der Waals surface area contributed by atoms with Gasteiger partial charge in [0, 0.05) is 6.54 Å². The van der Waals surface area contributed by atoms with Crippen LogP contribution in [-0.4, -0.2) is 33.4 Å². The molecule has 0 fully saturated rings. The summed E-state index contributed by atoms with van der Waals surface area (Å²) in [5.74, 6) is 0.509. The van der Waals surface area contributed by atoms with Crippen molar-refractivity contribution < 1.29 is 4.79 Å². The molecule has 28 heavy (non-hydrogen) atoms. The number of aromatic nitrogens is 2. The zero-order chi connectivity index (χ0) is 20.1. The Bertz CT molecular complexity index is 1010. The summed E-state index contributed by atoms with van der Waals surface area (Å²) < 4.78 is 0. The van der Waals surface area contributed by atoms with Gasteiger partial charge in [-0.05, 0) is 38.1 Å². The second kappa shape index (κ2) is 8.80. The number of nitrogens with zero attached hydrogens (tertiary/aromatic N) is 2. The molecule has 0 aliphatic carbocycles. The first-order chi connectivity index (χ1) is 13.5. The predicted molar refractivity (Wildman–Crippen MR) is 111 cm³/mol. The van der Waals surface area contributed by atoms with Gasteiger partial charge in [-0.2, -0.15) is 0 Å². The van der Waals surface area contributed by atoms with Gasteiger partial charge in [-0.15, -0.1) is 0 Å². The maximum atomic E-state index is 12.6. The van der Waals surface area contributed by atoms with E-state index in [2.05, 4.69) is 15.3 Å². The Morgan fingerprint density at radius 3 is 2.61 bits per heavy atom. The van der Waals surface area contributed by atoms with Gasteiger partial charge in [-0.25, -0.2) is 4.98 Å². The lowest BCUT2D eigenvalue weighted by molar-refractivity contribution is -0.126. The molecule has 6 heteroatoms. The number of amides is 1. The van der Waals surface area contributed by atoms with Crippen molar-refractivity contribution in [3.63, 3.8) is 0 Å². The minimum absolute atomic E-state index is 0.0504. The Labute approximate surface area is 164 Å². The van der Waals surface area contributed by atoms with Crippen molar-refractivity contribution in [3.05, 3.63) is 75.8 Å². The third kappa shape index (κ3) is 4.64. The average molecular weight is 378 g/mol. The molecule has 0 spiro atoms. The topological polar surface area (TPSA) is 78.1 Å². The largest absolute Gasteiger partial charge is 0.351 e. The maximum absolute atomic E-state index is 12.6. The van der Waals surface area contributed by atoms with Crippen LogP contribution < -0.4 is 10.9 Å². The second-order valence-electron chi connectivity index (χ2n) is 6.97. The Morgan fingerprint density at radius 2 is 1.89 bits per heavy atom. The summed E-state index contributed by atoms with van der Waals surface area (Å²) in [5, 5.41) is 3.55. The third-order valence-electron chi connectivity index (χ3n) is 4.94. The van der Waals surface area contributed by atoms with E-state index in [1.165, 1.54) is 5.56 Å². The van der Waals surface area contributed by atoms with Crippen LogP contribution in [0, 0.1) is 6.92 Å². The molecule has 0 saturated heterocycles. The zero-order valence-corrected chi connectivity index (χ0v) is 16.5. The molecular formula is C22H26N4O2. The minimum Gasteiger partial charge on any atom is -0.351 e. The number of H-pyrrole nitrogens is 1. The van der Waals surface area contributed by atoms with E-state index in [0.29, 0.717) is 36.4 Å². The summed E-state index contributed by atoms with van der Waals surface area (Å²) >= 11 is 0. The lowest BCUT2D eigenvalue weighted by Gasteiger charge is -2.26. The van der Waals surface area contributed by atoms with E-state index in [1.807, 2.05) is 68.1 Å². The molecule has 2 N–H and O–H groups in total. The van der Waals surface area contributed by atoms with E-state index in [-0.39, 0.29) is 17.5 Å². The summed E-state index contributed by atoms with van der Waals surface area (Å²) in [6, 6.07) is 15.0. The molecule has 1 heterocycles. The van der Waals surface area contributed by atoms with Crippen LogP contribution >= 0.6 is 0 Å². The summed E-state index contributed by atoms with van der Waals surface area (Å²) in [7, 11) is 0. The fraction of sp³-hybridized carbons (Fsp3) is 0.318. The van der Waals surface area contributed by atoms with Crippen LogP contribution in [0.4, 0.5) is 0 Å². The van der Waals surface area contributed by atoms with Crippen LogP contribution in [-0.2, 0) is 17.9 Å². The lowest BCUT2D eigenvalue weighted by Crippen LogP contribution is -2.44. The second-order valence-corrected chi connectivity index (χ2v) is 6.97. The van der Waals surface area contributed by atoms with E-state index in [4.69, 9.17) is 0 Å². The van der Waals surface area contributed by atoms with E-state index in [9.17, 15) is 9.59 Å². The smallest absolute Gasteiger partial charge is 0.258 e. The molecule has 3 aromatic rings. The fourth-order valence-corrected chi connectivity index (χ4v) is 3.13. The molecule has 0 aliphatic heterocycles. The number of aromatic amines is 1. The highest BCUT2D eigenvalue weighted by atomic mass is 16.2. The highest BCUT2D eigenvalue weighted by Crippen LogP contribution is 2.09. The van der Waals surface area contributed by atoms with Crippen molar-refractivity contribution in [2.24, 2.45) is 0 Å². The molecule has 2 aromatic carbocycles. The van der Waals surface area contributed by atoms with E-state index >= 15 is 0 Å². The molecule has 1 unspecified atom stereocenters. The van der Waals surface area contributed by atoms with Gasteiger partial charge in [-0.3, -0.25) is 14.5 Å². The number of carbonyl (C=O) groups excluding carboxylic acids is 1. The zero-order valence-electron chi connectivity index (χ0n) is 16.5. The first-order valence-electron chi connectivity index (χ1n) is 9.53. The summed E-state index contributed by atoms with van der Waals surface area (Å²) in [6.45, 7) is 7.45. The predicted octanol–water partition coefficient (Wildman–Crippen LogP) is 2.76. The lowest BCUT2D eigenvalue weighted by atomic mass is 10.1. The quantitative estimate of drug-likeness (QED) is 0.663. The van der Waals surface area contributed by atoms with Gasteiger partial charge in [0.05, 0.1) is 23.5 Å².